The average molecular weight is 401 g/mol. The molecule has 0 spiro atoms. The number of ether oxygens (including phenoxy) is 1. The first-order valence-electron chi connectivity index (χ1n) is 7.41. The van der Waals surface area contributed by atoms with Crippen molar-refractivity contribution < 1.29 is 14.3 Å². The lowest BCUT2D eigenvalue weighted by Crippen LogP contribution is -2.14. The molecular weight excluding hydrogens is 384 g/mol. The van der Waals surface area contributed by atoms with Crippen LogP contribution in [0, 0.1) is 0 Å². The molecule has 0 aliphatic heterocycles. The Kier molecular flexibility index (Phi) is 7.48. The van der Waals surface area contributed by atoms with Crippen molar-refractivity contribution in [3.63, 3.8) is 0 Å². The van der Waals surface area contributed by atoms with Crippen molar-refractivity contribution >= 4 is 57.3 Å². The number of nitrogens with zero attached hydrogens (tertiary/aromatic N) is 2. The number of anilines is 2. The van der Waals surface area contributed by atoms with Gasteiger partial charge in [-0.1, -0.05) is 41.6 Å². The van der Waals surface area contributed by atoms with Gasteiger partial charge >= 0.3 is 0 Å². The molecule has 1 aromatic carbocycles. The summed E-state index contributed by atoms with van der Waals surface area (Å²) in [6.07, 6.45) is 1.20. The molecule has 134 valence electrons. The Balaban J connectivity index is 1.87. The van der Waals surface area contributed by atoms with Crippen LogP contribution in [0.4, 0.5) is 10.8 Å². The first-order valence-corrected chi connectivity index (χ1v) is 9.59. The number of hydrogen-bond donors (Lipinski definition) is 2. The molecule has 1 heterocycles. The predicted octanol–water partition coefficient (Wildman–Crippen LogP) is 3.67. The average Bonchev–Trinajstić information content (AvgIpc) is 3.01. The van der Waals surface area contributed by atoms with Gasteiger partial charge in [0.05, 0.1) is 18.6 Å². The molecule has 25 heavy (non-hydrogen) atoms. The van der Waals surface area contributed by atoms with E-state index in [9.17, 15) is 9.59 Å². The van der Waals surface area contributed by atoms with Gasteiger partial charge < -0.3 is 15.4 Å². The maximum Gasteiger partial charge on any atom is 0.234 e. The summed E-state index contributed by atoms with van der Waals surface area (Å²) in [5, 5.41) is 14.2. The van der Waals surface area contributed by atoms with Gasteiger partial charge in [0.25, 0.3) is 0 Å². The smallest absolute Gasteiger partial charge is 0.234 e. The molecule has 0 atom stereocenters. The largest absolute Gasteiger partial charge is 0.495 e. The molecule has 10 heteroatoms. The molecule has 0 unspecified atom stereocenters. The molecule has 0 fully saturated rings. The van der Waals surface area contributed by atoms with E-state index >= 15 is 0 Å². The molecule has 0 saturated carbocycles. The van der Waals surface area contributed by atoms with Crippen LogP contribution in [-0.4, -0.2) is 34.9 Å². The fraction of sp³-hybridized carbons (Fsp3) is 0.333. The zero-order valence-electron chi connectivity index (χ0n) is 13.7. The summed E-state index contributed by atoms with van der Waals surface area (Å²) in [7, 11) is 1.52. The monoisotopic (exact) mass is 400 g/mol. The van der Waals surface area contributed by atoms with Crippen LogP contribution in [-0.2, 0) is 9.59 Å². The van der Waals surface area contributed by atoms with Gasteiger partial charge in [-0.15, -0.1) is 10.2 Å². The molecule has 2 rings (SSSR count). The summed E-state index contributed by atoms with van der Waals surface area (Å²) in [4.78, 5) is 23.6. The van der Waals surface area contributed by atoms with Gasteiger partial charge in [-0.25, -0.2) is 0 Å². The molecule has 0 aliphatic rings. The summed E-state index contributed by atoms with van der Waals surface area (Å²) in [6, 6.07) is 4.98. The third kappa shape index (κ3) is 6.18. The Bertz CT molecular complexity index is 754. The Morgan fingerprint density at radius 3 is 2.80 bits per heavy atom. The van der Waals surface area contributed by atoms with E-state index in [0.717, 1.165) is 6.42 Å². The van der Waals surface area contributed by atoms with E-state index in [0.29, 0.717) is 32.4 Å². The SMILES string of the molecule is CCCC(=O)Nc1nnc(SCC(=O)Nc2cc(Cl)ccc2OC)s1. The number of halogens is 1. The van der Waals surface area contributed by atoms with E-state index < -0.39 is 0 Å². The second kappa shape index (κ2) is 9.59. The topological polar surface area (TPSA) is 93.2 Å². The summed E-state index contributed by atoms with van der Waals surface area (Å²) < 4.78 is 5.78. The number of amides is 2. The van der Waals surface area contributed by atoms with Crippen LogP contribution in [0.3, 0.4) is 0 Å². The molecule has 0 radical (unpaired) electrons. The first-order chi connectivity index (χ1) is 12.0. The van der Waals surface area contributed by atoms with Crippen LogP contribution < -0.4 is 15.4 Å². The van der Waals surface area contributed by atoms with Gasteiger partial charge in [0.1, 0.15) is 5.75 Å². The van der Waals surface area contributed by atoms with Crippen LogP contribution in [0.2, 0.25) is 5.02 Å². The number of carbonyl (C=O) groups excluding carboxylic acids is 2. The first kappa shape index (κ1) is 19.5. The van der Waals surface area contributed by atoms with E-state index in [-0.39, 0.29) is 17.6 Å². The maximum atomic E-state index is 12.1. The maximum absolute atomic E-state index is 12.1. The minimum Gasteiger partial charge on any atom is -0.495 e. The highest BCUT2D eigenvalue weighted by Crippen LogP contribution is 2.29. The van der Waals surface area contributed by atoms with Gasteiger partial charge in [-0.2, -0.15) is 0 Å². The number of methoxy groups -OCH3 is 1. The zero-order chi connectivity index (χ0) is 18.2. The molecule has 7 nitrogen and oxygen atoms in total. The van der Waals surface area contributed by atoms with Gasteiger partial charge in [-0.05, 0) is 24.6 Å². The van der Waals surface area contributed by atoms with Crippen molar-refractivity contribution in [1.29, 1.82) is 0 Å². The van der Waals surface area contributed by atoms with E-state index in [1.54, 1.807) is 18.2 Å². The van der Waals surface area contributed by atoms with Crippen molar-refractivity contribution in [2.24, 2.45) is 0 Å². The van der Waals surface area contributed by atoms with Crippen LogP contribution in [0.25, 0.3) is 0 Å². The number of nitrogens with one attached hydrogen (secondary N) is 2. The zero-order valence-corrected chi connectivity index (χ0v) is 16.1. The molecule has 2 amide bonds. The van der Waals surface area contributed by atoms with E-state index in [1.165, 1.54) is 30.2 Å². The minimum atomic E-state index is -0.225. The standard InChI is InChI=1S/C15H17ClN4O3S2/c1-3-4-12(21)18-14-19-20-15(25-14)24-8-13(22)17-10-7-9(16)5-6-11(10)23-2/h5-7H,3-4,8H2,1-2H3,(H,17,22)(H,18,19,21). The second-order valence-electron chi connectivity index (χ2n) is 4.85. The van der Waals surface area contributed by atoms with Crippen molar-refractivity contribution in [3.05, 3.63) is 23.2 Å². The normalized spacial score (nSPS) is 10.4. The van der Waals surface area contributed by atoms with E-state index in [4.69, 9.17) is 16.3 Å². The second-order valence-corrected chi connectivity index (χ2v) is 7.49. The van der Waals surface area contributed by atoms with Crippen molar-refractivity contribution in [2.75, 3.05) is 23.5 Å². The van der Waals surface area contributed by atoms with Crippen LogP contribution in [0.1, 0.15) is 19.8 Å². The molecule has 0 aliphatic carbocycles. The lowest BCUT2D eigenvalue weighted by Gasteiger charge is -2.09. The van der Waals surface area contributed by atoms with Crippen LogP contribution >= 0.6 is 34.7 Å². The molecule has 2 N–H and O–H groups in total. The molecule has 2 aromatic rings. The van der Waals surface area contributed by atoms with Crippen molar-refractivity contribution in [2.45, 2.75) is 24.1 Å². The third-order valence-corrected chi connectivity index (χ3v) is 5.10. The number of aromatic nitrogens is 2. The fourth-order valence-corrected chi connectivity index (χ4v) is 3.56. The van der Waals surface area contributed by atoms with Crippen LogP contribution in [0.15, 0.2) is 22.5 Å². The quantitative estimate of drug-likeness (QED) is 0.518. The highest BCUT2D eigenvalue weighted by Gasteiger charge is 2.12. The Labute approximate surface area is 158 Å². The molecule has 0 saturated heterocycles. The van der Waals surface area contributed by atoms with Crippen molar-refractivity contribution in [3.8, 4) is 5.75 Å². The highest BCUT2D eigenvalue weighted by molar-refractivity contribution is 8.01. The number of benzene rings is 1. The number of carbonyl (C=O) groups is 2. The van der Waals surface area contributed by atoms with Gasteiger partial charge in [0.2, 0.25) is 16.9 Å². The lowest BCUT2D eigenvalue weighted by molar-refractivity contribution is -0.116. The van der Waals surface area contributed by atoms with E-state index in [2.05, 4.69) is 20.8 Å². The van der Waals surface area contributed by atoms with Gasteiger partial charge in [0, 0.05) is 11.4 Å². The number of thioether (sulfide) groups is 1. The number of rotatable bonds is 8. The molecule has 0 bridgehead atoms. The Morgan fingerprint density at radius 2 is 2.08 bits per heavy atom. The predicted molar refractivity (Wildman–Crippen MR) is 101 cm³/mol. The summed E-state index contributed by atoms with van der Waals surface area (Å²) in [5.41, 5.74) is 0.505. The van der Waals surface area contributed by atoms with Gasteiger partial charge in [0.15, 0.2) is 4.34 Å². The summed E-state index contributed by atoms with van der Waals surface area (Å²) in [6.45, 7) is 1.93. The lowest BCUT2D eigenvalue weighted by atomic mass is 10.3. The Morgan fingerprint density at radius 1 is 1.28 bits per heavy atom. The fourth-order valence-electron chi connectivity index (χ4n) is 1.82. The van der Waals surface area contributed by atoms with E-state index in [1.807, 2.05) is 6.92 Å². The third-order valence-electron chi connectivity index (χ3n) is 2.89. The number of hydrogen-bond acceptors (Lipinski definition) is 7. The molecular formula is C15H17ClN4O3S2. The molecule has 1 aromatic heterocycles. The highest BCUT2D eigenvalue weighted by atomic mass is 35.5. The Hall–Kier alpha value is -1.84. The summed E-state index contributed by atoms with van der Waals surface area (Å²) in [5.74, 6) is 0.352. The van der Waals surface area contributed by atoms with Gasteiger partial charge in [-0.3, -0.25) is 9.59 Å². The minimum absolute atomic E-state index is 0.0963. The summed E-state index contributed by atoms with van der Waals surface area (Å²) >= 11 is 8.40. The van der Waals surface area contributed by atoms with Crippen LogP contribution in [0.5, 0.6) is 5.75 Å². The van der Waals surface area contributed by atoms with Crippen molar-refractivity contribution in [1.82, 2.24) is 10.2 Å².